The number of nitrogens with zero attached hydrogens (tertiary/aromatic N) is 3. The molecule has 0 aromatic carbocycles. The molecule has 26 heavy (non-hydrogen) atoms. The first-order valence-electron chi connectivity index (χ1n) is 8.90. The van der Waals surface area contributed by atoms with Crippen molar-refractivity contribution in [3.05, 3.63) is 45.7 Å². The SMILES string of the molecule is Cc1cncc(C(=O)N2CC3(C[C@H](OCc4csc(C)n4)CCO3)C2)c1. The van der Waals surface area contributed by atoms with Gasteiger partial charge in [0.2, 0.25) is 0 Å². The first kappa shape index (κ1) is 17.6. The molecule has 2 aromatic heterocycles. The van der Waals surface area contributed by atoms with Crippen LogP contribution in [-0.4, -0.2) is 52.2 Å². The van der Waals surface area contributed by atoms with Crippen molar-refractivity contribution < 1.29 is 14.3 Å². The number of carbonyl (C=O) groups excluding carboxylic acids is 1. The molecule has 1 amide bonds. The van der Waals surface area contributed by atoms with E-state index >= 15 is 0 Å². The van der Waals surface area contributed by atoms with E-state index in [1.165, 1.54) is 0 Å². The van der Waals surface area contributed by atoms with Crippen LogP contribution in [0.4, 0.5) is 0 Å². The summed E-state index contributed by atoms with van der Waals surface area (Å²) in [6.45, 7) is 6.40. The van der Waals surface area contributed by atoms with Gasteiger partial charge in [-0.3, -0.25) is 9.78 Å². The molecule has 0 N–H and O–H groups in total. The van der Waals surface area contributed by atoms with Gasteiger partial charge < -0.3 is 14.4 Å². The van der Waals surface area contributed by atoms with Crippen LogP contribution in [0.2, 0.25) is 0 Å². The van der Waals surface area contributed by atoms with Crippen molar-refractivity contribution >= 4 is 17.2 Å². The number of rotatable bonds is 4. The molecule has 0 saturated carbocycles. The molecule has 2 aromatic rings. The number of pyridine rings is 1. The number of likely N-dealkylation sites (tertiary alicyclic amines) is 1. The number of thiazole rings is 1. The quantitative estimate of drug-likeness (QED) is 0.825. The summed E-state index contributed by atoms with van der Waals surface area (Å²) in [5.74, 6) is 0.0245. The average molecular weight is 373 g/mol. The number of hydrogen-bond donors (Lipinski definition) is 0. The lowest BCUT2D eigenvalue weighted by molar-refractivity contribution is -0.188. The fourth-order valence-corrected chi connectivity index (χ4v) is 4.27. The molecule has 2 aliphatic heterocycles. The Labute approximate surface area is 157 Å². The Hall–Kier alpha value is -1.83. The van der Waals surface area contributed by atoms with E-state index < -0.39 is 0 Å². The minimum Gasteiger partial charge on any atom is -0.372 e. The predicted octanol–water partition coefficient (Wildman–Crippen LogP) is 2.75. The van der Waals surface area contributed by atoms with E-state index in [2.05, 4.69) is 9.97 Å². The summed E-state index contributed by atoms with van der Waals surface area (Å²) in [7, 11) is 0. The van der Waals surface area contributed by atoms with Gasteiger partial charge in [0.15, 0.2) is 0 Å². The molecule has 1 atom stereocenters. The molecular formula is C19H23N3O3S. The summed E-state index contributed by atoms with van der Waals surface area (Å²) >= 11 is 1.64. The summed E-state index contributed by atoms with van der Waals surface area (Å²) in [5.41, 5.74) is 2.37. The van der Waals surface area contributed by atoms with Crippen molar-refractivity contribution in [1.29, 1.82) is 0 Å². The van der Waals surface area contributed by atoms with Crippen LogP contribution in [0.15, 0.2) is 23.8 Å². The van der Waals surface area contributed by atoms with Gasteiger partial charge in [-0.15, -0.1) is 11.3 Å². The summed E-state index contributed by atoms with van der Waals surface area (Å²) < 4.78 is 12.1. The van der Waals surface area contributed by atoms with Crippen LogP contribution in [-0.2, 0) is 16.1 Å². The number of carbonyl (C=O) groups is 1. The van der Waals surface area contributed by atoms with E-state index in [1.54, 1.807) is 23.7 Å². The highest BCUT2D eigenvalue weighted by Gasteiger charge is 2.49. The third kappa shape index (κ3) is 3.65. The van der Waals surface area contributed by atoms with Gasteiger partial charge in [0.1, 0.15) is 5.60 Å². The Kier molecular flexibility index (Phi) is 4.77. The van der Waals surface area contributed by atoms with Gasteiger partial charge in [0.05, 0.1) is 42.1 Å². The molecule has 6 nitrogen and oxygen atoms in total. The molecular weight excluding hydrogens is 350 g/mol. The van der Waals surface area contributed by atoms with Crippen LogP contribution < -0.4 is 0 Å². The predicted molar refractivity (Wildman–Crippen MR) is 98.2 cm³/mol. The third-order valence-corrected chi connectivity index (χ3v) is 5.77. The second-order valence-corrected chi connectivity index (χ2v) is 8.29. The van der Waals surface area contributed by atoms with E-state index in [9.17, 15) is 4.79 Å². The normalized spacial score (nSPS) is 21.6. The first-order valence-corrected chi connectivity index (χ1v) is 9.78. The van der Waals surface area contributed by atoms with Crippen LogP contribution in [0.25, 0.3) is 0 Å². The fraction of sp³-hybridized carbons (Fsp3) is 0.526. The number of hydrogen-bond acceptors (Lipinski definition) is 6. The van der Waals surface area contributed by atoms with Gasteiger partial charge in [-0.05, 0) is 31.9 Å². The van der Waals surface area contributed by atoms with E-state index in [4.69, 9.17) is 9.47 Å². The molecule has 0 radical (unpaired) electrons. The molecule has 0 aliphatic carbocycles. The van der Waals surface area contributed by atoms with Gasteiger partial charge in [-0.2, -0.15) is 0 Å². The molecule has 1 spiro atoms. The molecule has 2 fully saturated rings. The molecule has 0 unspecified atom stereocenters. The van der Waals surface area contributed by atoms with Gasteiger partial charge in [-0.25, -0.2) is 4.98 Å². The summed E-state index contributed by atoms with van der Waals surface area (Å²) in [4.78, 5) is 23.0. The number of aryl methyl sites for hydroxylation is 2. The summed E-state index contributed by atoms with van der Waals surface area (Å²) in [5, 5.41) is 3.11. The minimum absolute atomic E-state index is 0.0245. The standard InChI is InChI=1S/C19H23N3O3S/c1-13-5-15(8-20-7-13)18(23)22-11-19(12-22)6-17(3-4-25-19)24-9-16-10-26-14(2)21-16/h5,7-8,10,17H,3-4,6,9,11-12H2,1-2H3/t17-/m1/s1. The molecule has 7 heteroatoms. The molecule has 2 aliphatic rings. The first-order chi connectivity index (χ1) is 12.5. The lowest BCUT2D eigenvalue weighted by Crippen LogP contribution is -2.67. The molecule has 0 bridgehead atoms. The second-order valence-electron chi connectivity index (χ2n) is 7.23. The number of aromatic nitrogens is 2. The van der Waals surface area contributed by atoms with Gasteiger partial charge in [0.25, 0.3) is 5.91 Å². The van der Waals surface area contributed by atoms with Crippen LogP contribution in [0.3, 0.4) is 0 Å². The maximum Gasteiger partial charge on any atom is 0.255 e. The molecule has 2 saturated heterocycles. The average Bonchev–Trinajstić information content (AvgIpc) is 3.03. The molecule has 4 rings (SSSR count). The highest BCUT2D eigenvalue weighted by atomic mass is 32.1. The fourth-order valence-electron chi connectivity index (χ4n) is 3.67. The smallest absolute Gasteiger partial charge is 0.255 e. The van der Waals surface area contributed by atoms with Crippen LogP contribution in [0.5, 0.6) is 0 Å². The Bertz CT molecular complexity index is 801. The highest BCUT2D eigenvalue weighted by Crippen LogP contribution is 2.36. The zero-order valence-electron chi connectivity index (χ0n) is 15.1. The van der Waals surface area contributed by atoms with Gasteiger partial charge in [-0.1, -0.05) is 0 Å². The molecule has 138 valence electrons. The van der Waals surface area contributed by atoms with Crippen LogP contribution >= 0.6 is 11.3 Å². The van der Waals surface area contributed by atoms with Gasteiger partial charge in [0, 0.05) is 30.8 Å². The third-order valence-electron chi connectivity index (χ3n) is 4.95. The lowest BCUT2D eigenvalue weighted by atomic mass is 9.84. The van der Waals surface area contributed by atoms with E-state index in [-0.39, 0.29) is 17.6 Å². The summed E-state index contributed by atoms with van der Waals surface area (Å²) in [6, 6.07) is 1.88. The van der Waals surface area contributed by atoms with Crippen molar-refractivity contribution in [2.75, 3.05) is 19.7 Å². The zero-order valence-corrected chi connectivity index (χ0v) is 15.9. The Morgan fingerprint density at radius 3 is 3.00 bits per heavy atom. The number of ether oxygens (including phenoxy) is 2. The number of amides is 1. The van der Waals surface area contributed by atoms with Crippen molar-refractivity contribution in [3.8, 4) is 0 Å². The van der Waals surface area contributed by atoms with Crippen molar-refractivity contribution in [2.24, 2.45) is 0 Å². The monoisotopic (exact) mass is 373 g/mol. The Morgan fingerprint density at radius 2 is 2.27 bits per heavy atom. The highest BCUT2D eigenvalue weighted by molar-refractivity contribution is 7.09. The van der Waals surface area contributed by atoms with Crippen molar-refractivity contribution in [2.45, 2.75) is 45.0 Å². The van der Waals surface area contributed by atoms with Gasteiger partial charge >= 0.3 is 0 Å². The van der Waals surface area contributed by atoms with Crippen molar-refractivity contribution in [1.82, 2.24) is 14.9 Å². The summed E-state index contributed by atoms with van der Waals surface area (Å²) in [6.07, 6.45) is 5.25. The largest absolute Gasteiger partial charge is 0.372 e. The Balaban J connectivity index is 1.32. The zero-order chi connectivity index (χ0) is 18.1. The Morgan fingerprint density at radius 1 is 1.42 bits per heavy atom. The van der Waals surface area contributed by atoms with E-state index in [0.717, 1.165) is 29.1 Å². The minimum atomic E-state index is -0.256. The van der Waals surface area contributed by atoms with Crippen LogP contribution in [0.1, 0.15) is 39.5 Å². The maximum absolute atomic E-state index is 12.6. The van der Waals surface area contributed by atoms with E-state index in [0.29, 0.717) is 31.9 Å². The maximum atomic E-state index is 12.6. The van der Waals surface area contributed by atoms with E-state index in [1.807, 2.05) is 30.2 Å². The van der Waals surface area contributed by atoms with Crippen molar-refractivity contribution in [3.63, 3.8) is 0 Å². The lowest BCUT2D eigenvalue weighted by Gasteiger charge is -2.53. The molecule has 4 heterocycles. The second kappa shape index (κ2) is 7.06. The topological polar surface area (TPSA) is 64.6 Å². The van der Waals surface area contributed by atoms with Crippen LogP contribution in [0, 0.1) is 13.8 Å².